The van der Waals surface area contributed by atoms with Gasteiger partial charge in [-0.05, 0) is 30.5 Å². The van der Waals surface area contributed by atoms with E-state index in [1.165, 1.54) is 5.56 Å². The normalized spacial score (nSPS) is 17.0. The number of amides is 1. The second kappa shape index (κ2) is 7.97. The maximum absolute atomic E-state index is 12.8. The zero-order chi connectivity index (χ0) is 16.8. The van der Waals surface area contributed by atoms with Crippen LogP contribution >= 0.6 is 0 Å². The summed E-state index contributed by atoms with van der Waals surface area (Å²) in [7, 11) is 0. The van der Waals surface area contributed by atoms with E-state index in [2.05, 4.69) is 17.0 Å². The number of benzene rings is 2. The van der Waals surface area contributed by atoms with Gasteiger partial charge in [-0.15, -0.1) is 0 Å². The summed E-state index contributed by atoms with van der Waals surface area (Å²) in [4.78, 5) is 16.7. The SMILES string of the molecule is O=C(CN(Cc1ccccc1)c1ccccc1)N1CCC[C@@H]1CO. The van der Waals surface area contributed by atoms with E-state index in [0.29, 0.717) is 13.1 Å². The molecule has 1 amide bonds. The predicted molar refractivity (Wildman–Crippen MR) is 95.8 cm³/mol. The third-order valence-electron chi connectivity index (χ3n) is 4.57. The number of aliphatic hydroxyl groups excluding tert-OH is 1. The Morgan fingerprint density at radius 3 is 2.42 bits per heavy atom. The van der Waals surface area contributed by atoms with Crippen molar-refractivity contribution >= 4 is 11.6 Å². The van der Waals surface area contributed by atoms with Crippen LogP contribution in [0, 0.1) is 0 Å². The van der Waals surface area contributed by atoms with Crippen molar-refractivity contribution in [1.29, 1.82) is 0 Å². The first-order valence-electron chi connectivity index (χ1n) is 8.52. The Hall–Kier alpha value is -2.33. The van der Waals surface area contributed by atoms with E-state index >= 15 is 0 Å². The van der Waals surface area contributed by atoms with Crippen molar-refractivity contribution in [1.82, 2.24) is 4.90 Å². The summed E-state index contributed by atoms with van der Waals surface area (Å²) in [5.41, 5.74) is 2.21. The minimum absolute atomic E-state index is 0.0214. The molecule has 0 unspecified atom stereocenters. The van der Waals surface area contributed by atoms with Crippen molar-refractivity contribution in [3.8, 4) is 0 Å². The topological polar surface area (TPSA) is 43.8 Å². The van der Waals surface area contributed by atoms with Gasteiger partial charge in [0, 0.05) is 18.8 Å². The number of carbonyl (C=O) groups is 1. The fourth-order valence-electron chi connectivity index (χ4n) is 3.29. The van der Waals surface area contributed by atoms with Gasteiger partial charge in [-0.3, -0.25) is 4.79 Å². The van der Waals surface area contributed by atoms with Crippen LogP contribution in [0.1, 0.15) is 18.4 Å². The number of rotatable bonds is 6. The maximum atomic E-state index is 12.8. The highest BCUT2D eigenvalue weighted by Gasteiger charge is 2.29. The molecule has 2 aromatic rings. The van der Waals surface area contributed by atoms with Crippen LogP contribution in [0.2, 0.25) is 0 Å². The number of likely N-dealkylation sites (tertiary alicyclic amines) is 1. The maximum Gasteiger partial charge on any atom is 0.242 e. The van der Waals surface area contributed by atoms with E-state index in [1.54, 1.807) is 0 Å². The Labute approximate surface area is 143 Å². The van der Waals surface area contributed by atoms with Crippen LogP contribution in [-0.4, -0.2) is 41.7 Å². The molecule has 0 aromatic heterocycles. The lowest BCUT2D eigenvalue weighted by atomic mass is 10.2. The van der Waals surface area contributed by atoms with Crippen LogP contribution in [0.3, 0.4) is 0 Å². The molecule has 1 aliphatic rings. The summed E-state index contributed by atoms with van der Waals surface area (Å²) in [5.74, 6) is 0.0892. The Balaban J connectivity index is 1.76. The van der Waals surface area contributed by atoms with Gasteiger partial charge in [0.15, 0.2) is 0 Å². The molecule has 1 aliphatic heterocycles. The molecule has 2 aromatic carbocycles. The van der Waals surface area contributed by atoms with E-state index in [9.17, 15) is 9.90 Å². The molecule has 4 nitrogen and oxygen atoms in total. The van der Waals surface area contributed by atoms with Gasteiger partial charge in [0.1, 0.15) is 0 Å². The summed E-state index contributed by atoms with van der Waals surface area (Å²) in [5, 5.41) is 9.46. The van der Waals surface area contributed by atoms with Crippen molar-refractivity contribution in [2.75, 3.05) is 24.6 Å². The molecule has 0 radical (unpaired) electrons. The van der Waals surface area contributed by atoms with Gasteiger partial charge in [-0.1, -0.05) is 48.5 Å². The van der Waals surface area contributed by atoms with Crippen molar-refractivity contribution in [2.24, 2.45) is 0 Å². The van der Waals surface area contributed by atoms with Crippen molar-refractivity contribution in [2.45, 2.75) is 25.4 Å². The van der Waals surface area contributed by atoms with Crippen LogP contribution in [0.5, 0.6) is 0 Å². The first-order chi connectivity index (χ1) is 11.8. The van der Waals surface area contributed by atoms with Gasteiger partial charge in [0.05, 0.1) is 19.2 Å². The van der Waals surface area contributed by atoms with E-state index in [4.69, 9.17) is 0 Å². The molecule has 1 atom stereocenters. The second-order valence-corrected chi connectivity index (χ2v) is 6.24. The lowest BCUT2D eigenvalue weighted by Gasteiger charge is -2.29. The fourth-order valence-corrected chi connectivity index (χ4v) is 3.29. The molecule has 1 heterocycles. The number of hydrogen-bond donors (Lipinski definition) is 1. The molecule has 0 aliphatic carbocycles. The molecule has 4 heteroatoms. The van der Waals surface area contributed by atoms with Gasteiger partial charge >= 0.3 is 0 Å². The van der Waals surface area contributed by atoms with Crippen molar-refractivity contribution in [3.05, 3.63) is 66.2 Å². The van der Waals surface area contributed by atoms with Gasteiger partial charge in [-0.25, -0.2) is 0 Å². The van der Waals surface area contributed by atoms with Gasteiger partial charge in [0.25, 0.3) is 0 Å². The third-order valence-corrected chi connectivity index (χ3v) is 4.57. The molecule has 3 rings (SSSR count). The van der Waals surface area contributed by atoms with Gasteiger partial charge in [0.2, 0.25) is 5.91 Å². The van der Waals surface area contributed by atoms with E-state index in [-0.39, 0.29) is 18.6 Å². The monoisotopic (exact) mass is 324 g/mol. The average molecular weight is 324 g/mol. The quantitative estimate of drug-likeness (QED) is 0.888. The number of aliphatic hydroxyl groups is 1. The molecule has 1 saturated heterocycles. The molecule has 0 saturated carbocycles. The number of nitrogens with zero attached hydrogens (tertiary/aromatic N) is 2. The minimum atomic E-state index is -0.0214. The Kier molecular flexibility index (Phi) is 5.49. The standard InChI is InChI=1S/C20H24N2O2/c23-16-19-12-7-13-22(19)20(24)15-21(18-10-5-2-6-11-18)14-17-8-3-1-4-9-17/h1-6,8-11,19,23H,7,12-16H2/t19-/m1/s1. The summed E-state index contributed by atoms with van der Waals surface area (Å²) in [6.45, 7) is 1.82. The zero-order valence-electron chi connectivity index (χ0n) is 13.8. The van der Waals surface area contributed by atoms with Gasteiger partial charge < -0.3 is 14.9 Å². The van der Waals surface area contributed by atoms with Crippen molar-refractivity contribution < 1.29 is 9.90 Å². The summed E-state index contributed by atoms with van der Waals surface area (Å²) >= 11 is 0. The van der Waals surface area contributed by atoms with Crippen LogP contribution < -0.4 is 4.90 Å². The van der Waals surface area contributed by atoms with Crippen LogP contribution in [0.25, 0.3) is 0 Å². The molecule has 126 valence electrons. The third kappa shape index (κ3) is 3.95. The average Bonchev–Trinajstić information content (AvgIpc) is 3.12. The Morgan fingerprint density at radius 1 is 1.08 bits per heavy atom. The highest BCUT2D eigenvalue weighted by molar-refractivity contribution is 5.82. The van der Waals surface area contributed by atoms with Crippen LogP contribution in [-0.2, 0) is 11.3 Å². The van der Waals surface area contributed by atoms with Gasteiger partial charge in [-0.2, -0.15) is 0 Å². The predicted octanol–water partition coefficient (Wildman–Crippen LogP) is 2.68. The van der Waals surface area contributed by atoms with E-state index < -0.39 is 0 Å². The molecule has 1 N–H and O–H groups in total. The number of hydrogen-bond acceptors (Lipinski definition) is 3. The lowest BCUT2D eigenvalue weighted by Crippen LogP contribution is -2.43. The first kappa shape index (κ1) is 16.5. The van der Waals surface area contributed by atoms with E-state index in [1.807, 2.05) is 53.4 Å². The number of carbonyl (C=O) groups excluding carboxylic acids is 1. The molecular formula is C20H24N2O2. The Bertz CT molecular complexity index is 645. The second-order valence-electron chi connectivity index (χ2n) is 6.24. The Morgan fingerprint density at radius 2 is 1.75 bits per heavy atom. The molecular weight excluding hydrogens is 300 g/mol. The number of para-hydroxylation sites is 1. The smallest absolute Gasteiger partial charge is 0.242 e. The zero-order valence-corrected chi connectivity index (χ0v) is 13.8. The number of anilines is 1. The van der Waals surface area contributed by atoms with E-state index in [0.717, 1.165) is 25.1 Å². The van der Waals surface area contributed by atoms with Crippen molar-refractivity contribution in [3.63, 3.8) is 0 Å². The minimum Gasteiger partial charge on any atom is -0.394 e. The largest absolute Gasteiger partial charge is 0.394 e. The molecule has 0 spiro atoms. The highest BCUT2D eigenvalue weighted by atomic mass is 16.3. The lowest BCUT2D eigenvalue weighted by molar-refractivity contribution is -0.131. The fraction of sp³-hybridized carbons (Fsp3) is 0.350. The van der Waals surface area contributed by atoms with Crippen LogP contribution in [0.4, 0.5) is 5.69 Å². The first-order valence-corrected chi connectivity index (χ1v) is 8.52. The van der Waals surface area contributed by atoms with Crippen LogP contribution in [0.15, 0.2) is 60.7 Å². The summed E-state index contributed by atoms with van der Waals surface area (Å²) in [6, 6.07) is 20.2. The summed E-state index contributed by atoms with van der Waals surface area (Å²) in [6.07, 6.45) is 1.87. The molecule has 1 fully saturated rings. The molecule has 0 bridgehead atoms. The molecule has 24 heavy (non-hydrogen) atoms. The highest BCUT2D eigenvalue weighted by Crippen LogP contribution is 2.20. The summed E-state index contributed by atoms with van der Waals surface area (Å²) < 4.78 is 0.